The molecule has 0 N–H and O–H groups in total. The van der Waals surface area contributed by atoms with Crippen molar-refractivity contribution in [1.82, 2.24) is 0 Å². The van der Waals surface area contributed by atoms with Crippen LogP contribution in [0.3, 0.4) is 0 Å². The lowest BCUT2D eigenvalue weighted by atomic mass is 10.4. The second-order valence-corrected chi connectivity index (χ2v) is 2.23. The van der Waals surface area contributed by atoms with Crippen molar-refractivity contribution in [2.24, 2.45) is 0 Å². The maximum atomic E-state index is 3.63. The van der Waals surface area contributed by atoms with Gasteiger partial charge in [0.15, 0.2) is 0 Å². The summed E-state index contributed by atoms with van der Waals surface area (Å²) in [6.07, 6.45) is 7.50. The van der Waals surface area contributed by atoms with Crippen molar-refractivity contribution in [1.29, 1.82) is 0 Å². The summed E-state index contributed by atoms with van der Waals surface area (Å²) in [5.74, 6) is 0. The highest BCUT2D eigenvalue weighted by Crippen LogP contribution is 2.10. The molecule has 0 aliphatic heterocycles. The van der Waals surface area contributed by atoms with Crippen molar-refractivity contribution < 1.29 is 0 Å². The van der Waals surface area contributed by atoms with Gasteiger partial charge in [-0.1, -0.05) is 19.2 Å². The number of hydrogen-bond acceptors (Lipinski definition) is 1. The van der Waals surface area contributed by atoms with Gasteiger partial charge in [0, 0.05) is 4.91 Å². The summed E-state index contributed by atoms with van der Waals surface area (Å²) in [5, 5.41) is 0. The first-order chi connectivity index (χ1) is 4.35. The van der Waals surface area contributed by atoms with Crippen LogP contribution < -0.4 is 0 Å². The fraction of sp³-hybridized carbons (Fsp3) is 0.125. The van der Waals surface area contributed by atoms with E-state index in [1.165, 1.54) is 0 Å². The van der Waals surface area contributed by atoms with Crippen LogP contribution in [0.2, 0.25) is 0 Å². The second-order valence-electron chi connectivity index (χ2n) is 1.35. The Hall–Kier alpha value is -0.650. The first-order valence-corrected chi connectivity index (χ1v) is 3.80. The van der Waals surface area contributed by atoms with Gasteiger partial charge in [-0.25, -0.2) is 0 Å². The molecule has 0 aliphatic carbocycles. The van der Waals surface area contributed by atoms with Gasteiger partial charge < -0.3 is 0 Å². The van der Waals surface area contributed by atoms with Gasteiger partial charge in [-0.2, -0.15) is 0 Å². The minimum absolute atomic E-state index is 1.13. The Morgan fingerprint density at radius 3 is 2.67 bits per heavy atom. The SMILES string of the molecule is C=C=CC=C(C=C)SC. The molecule has 0 aromatic rings. The number of thioether (sulfide) groups is 1. The monoisotopic (exact) mass is 138 g/mol. The highest BCUT2D eigenvalue weighted by Gasteiger charge is 1.80. The zero-order valence-electron chi connectivity index (χ0n) is 5.55. The highest BCUT2D eigenvalue weighted by atomic mass is 32.2. The first kappa shape index (κ1) is 8.35. The van der Waals surface area contributed by atoms with Crippen molar-refractivity contribution in [3.8, 4) is 0 Å². The lowest BCUT2D eigenvalue weighted by Gasteiger charge is -1.88. The molecule has 0 heterocycles. The van der Waals surface area contributed by atoms with Crippen molar-refractivity contribution >= 4 is 11.8 Å². The van der Waals surface area contributed by atoms with Crippen LogP contribution in [-0.4, -0.2) is 6.26 Å². The average Bonchev–Trinajstić information content (AvgIpc) is 1.91. The molecular weight excluding hydrogens is 128 g/mol. The molecule has 0 aliphatic rings. The van der Waals surface area contributed by atoms with Crippen LogP contribution >= 0.6 is 11.8 Å². The quantitative estimate of drug-likeness (QED) is 0.427. The lowest BCUT2D eigenvalue weighted by Crippen LogP contribution is -1.62. The predicted molar refractivity (Wildman–Crippen MR) is 45.5 cm³/mol. The fourth-order valence-electron chi connectivity index (χ4n) is 0.360. The van der Waals surface area contributed by atoms with Gasteiger partial charge in [0.2, 0.25) is 0 Å². The summed E-state index contributed by atoms with van der Waals surface area (Å²) >= 11 is 1.65. The molecule has 9 heavy (non-hydrogen) atoms. The number of hydrogen-bond donors (Lipinski definition) is 0. The Labute approximate surface area is 60.7 Å². The van der Waals surface area contributed by atoms with E-state index in [2.05, 4.69) is 18.9 Å². The van der Waals surface area contributed by atoms with E-state index in [0.717, 1.165) is 4.91 Å². The summed E-state index contributed by atoms with van der Waals surface area (Å²) in [6.45, 7) is 7.06. The van der Waals surface area contributed by atoms with Crippen molar-refractivity contribution in [3.63, 3.8) is 0 Å². The summed E-state index contributed by atoms with van der Waals surface area (Å²) in [7, 11) is 0. The topological polar surface area (TPSA) is 0 Å². The lowest BCUT2D eigenvalue weighted by molar-refractivity contribution is 1.90. The van der Waals surface area contributed by atoms with Gasteiger partial charge in [0.1, 0.15) is 0 Å². The fourth-order valence-corrected chi connectivity index (χ4v) is 0.731. The van der Waals surface area contributed by atoms with Crippen LogP contribution in [0.15, 0.2) is 42.0 Å². The zero-order valence-corrected chi connectivity index (χ0v) is 6.37. The molecule has 0 saturated heterocycles. The van der Waals surface area contributed by atoms with E-state index in [4.69, 9.17) is 0 Å². The van der Waals surface area contributed by atoms with Gasteiger partial charge in [0.05, 0.1) is 0 Å². The number of allylic oxidation sites excluding steroid dienone is 3. The minimum atomic E-state index is 1.13. The second kappa shape index (κ2) is 5.49. The van der Waals surface area contributed by atoms with E-state index < -0.39 is 0 Å². The molecule has 0 atom stereocenters. The van der Waals surface area contributed by atoms with Crippen LogP contribution in [0.4, 0.5) is 0 Å². The third-order valence-electron chi connectivity index (χ3n) is 0.802. The van der Waals surface area contributed by atoms with Crippen LogP contribution in [-0.2, 0) is 0 Å². The van der Waals surface area contributed by atoms with Crippen molar-refractivity contribution in [2.45, 2.75) is 0 Å². The molecule has 0 aromatic heterocycles. The van der Waals surface area contributed by atoms with Gasteiger partial charge >= 0.3 is 0 Å². The third-order valence-corrected chi connectivity index (χ3v) is 1.58. The van der Waals surface area contributed by atoms with E-state index >= 15 is 0 Å². The standard InChI is InChI=1S/C8H10S/c1-4-6-7-8(5-2)9-3/h5-7H,1-2H2,3H3. The normalized spacial score (nSPS) is 10.1. The summed E-state index contributed by atoms with van der Waals surface area (Å²) < 4.78 is 0. The smallest absolute Gasteiger partial charge is 0.00693 e. The molecular formula is C8H10S. The van der Waals surface area contributed by atoms with Crippen LogP contribution in [0.1, 0.15) is 0 Å². The van der Waals surface area contributed by atoms with Crippen molar-refractivity contribution in [2.75, 3.05) is 6.26 Å². The van der Waals surface area contributed by atoms with Gasteiger partial charge in [0.25, 0.3) is 0 Å². The summed E-state index contributed by atoms with van der Waals surface area (Å²) in [6, 6.07) is 0. The van der Waals surface area contributed by atoms with E-state index in [9.17, 15) is 0 Å². The largest absolute Gasteiger partial charge is 0.130 e. The van der Waals surface area contributed by atoms with E-state index in [1.807, 2.05) is 12.3 Å². The predicted octanol–water partition coefficient (Wildman–Crippen LogP) is 2.76. The molecule has 48 valence electrons. The molecule has 0 fully saturated rings. The maximum absolute atomic E-state index is 3.63. The van der Waals surface area contributed by atoms with E-state index in [1.54, 1.807) is 23.9 Å². The molecule has 1 heteroatoms. The molecule has 0 saturated carbocycles. The Morgan fingerprint density at radius 2 is 2.33 bits per heavy atom. The zero-order chi connectivity index (χ0) is 7.11. The molecule has 0 aromatic carbocycles. The molecule has 0 nitrogen and oxygen atoms in total. The molecule has 0 bridgehead atoms. The minimum Gasteiger partial charge on any atom is -0.130 e. The van der Waals surface area contributed by atoms with Crippen LogP contribution in [0.5, 0.6) is 0 Å². The van der Waals surface area contributed by atoms with Gasteiger partial charge in [-0.3, -0.25) is 0 Å². The summed E-state index contributed by atoms with van der Waals surface area (Å²) in [4.78, 5) is 1.13. The molecule has 0 amide bonds. The average molecular weight is 138 g/mol. The Kier molecular flexibility index (Phi) is 5.09. The molecule has 0 spiro atoms. The maximum Gasteiger partial charge on any atom is 0.00693 e. The van der Waals surface area contributed by atoms with Gasteiger partial charge in [-0.05, 0) is 18.4 Å². The van der Waals surface area contributed by atoms with Crippen LogP contribution in [0, 0.1) is 0 Å². The number of rotatable bonds is 3. The van der Waals surface area contributed by atoms with Crippen molar-refractivity contribution in [3.05, 3.63) is 42.0 Å². The Morgan fingerprint density at radius 1 is 1.67 bits per heavy atom. The highest BCUT2D eigenvalue weighted by molar-refractivity contribution is 8.02. The Bertz CT molecular complexity index is 159. The van der Waals surface area contributed by atoms with E-state index in [0.29, 0.717) is 0 Å². The Balaban J connectivity index is 4.06. The third kappa shape index (κ3) is 3.89. The molecule has 0 unspecified atom stereocenters. The molecule has 0 radical (unpaired) electrons. The van der Waals surface area contributed by atoms with E-state index in [-0.39, 0.29) is 0 Å². The molecule has 0 rings (SSSR count). The van der Waals surface area contributed by atoms with Crippen LogP contribution in [0.25, 0.3) is 0 Å². The first-order valence-electron chi connectivity index (χ1n) is 2.57. The summed E-state index contributed by atoms with van der Waals surface area (Å²) in [5.41, 5.74) is 2.65. The van der Waals surface area contributed by atoms with Gasteiger partial charge in [-0.15, -0.1) is 17.5 Å².